The highest BCUT2D eigenvalue weighted by Gasteiger charge is 2.14. The van der Waals surface area contributed by atoms with Crippen molar-refractivity contribution in [1.29, 1.82) is 0 Å². The third-order valence-corrected chi connectivity index (χ3v) is 3.07. The Morgan fingerprint density at radius 1 is 1.18 bits per heavy atom. The van der Waals surface area contributed by atoms with Gasteiger partial charge in [0.2, 0.25) is 5.95 Å². The zero-order valence-corrected chi connectivity index (χ0v) is 12.3. The van der Waals surface area contributed by atoms with Crippen LogP contribution in [0.15, 0.2) is 18.3 Å². The van der Waals surface area contributed by atoms with Crippen molar-refractivity contribution >= 4 is 17.5 Å². The molecule has 0 aliphatic carbocycles. The molecule has 0 unspecified atom stereocenters. The summed E-state index contributed by atoms with van der Waals surface area (Å²) >= 11 is 0. The first-order chi connectivity index (χ1) is 10.5. The van der Waals surface area contributed by atoms with Crippen molar-refractivity contribution in [2.75, 3.05) is 23.8 Å². The number of anilines is 3. The highest BCUT2D eigenvalue weighted by molar-refractivity contribution is 5.55. The van der Waals surface area contributed by atoms with Crippen LogP contribution in [0.2, 0.25) is 0 Å². The van der Waals surface area contributed by atoms with Crippen LogP contribution in [0.3, 0.4) is 0 Å². The SMILES string of the molecule is CCCCN(C)c1cnnc(Nc2ccc(F)c(F)c2F)n1. The summed E-state index contributed by atoms with van der Waals surface area (Å²) < 4.78 is 39.7. The molecule has 2 aromatic rings. The van der Waals surface area contributed by atoms with Gasteiger partial charge in [-0.15, -0.1) is 5.10 Å². The summed E-state index contributed by atoms with van der Waals surface area (Å²) in [5.74, 6) is -3.57. The van der Waals surface area contributed by atoms with E-state index < -0.39 is 17.5 Å². The zero-order chi connectivity index (χ0) is 16.1. The average molecular weight is 311 g/mol. The number of nitrogens with zero attached hydrogens (tertiary/aromatic N) is 4. The molecule has 1 heterocycles. The van der Waals surface area contributed by atoms with Crippen molar-refractivity contribution in [2.45, 2.75) is 19.8 Å². The van der Waals surface area contributed by atoms with Gasteiger partial charge in [0.1, 0.15) is 0 Å². The molecule has 1 aromatic heterocycles. The van der Waals surface area contributed by atoms with Crippen molar-refractivity contribution in [1.82, 2.24) is 15.2 Å². The van der Waals surface area contributed by atoms with E-state index in [1.54, 1.807) is 0 Å². The van der Waals surface area contributed by atoms with E-state index in [9.17, 15) is 13.2 Å². The largest absolute Gasteiger partial charge is 0.358 e. The Labute approximate surface area is 126 Å². The van der Waals surface area contributed by atoms with Gasteiger partial charge in [-0.3, -0.25) is 0 Å². The predicted molar refractivity (Wildman–Crippen MR) is 77.6 cm³/mol. The van der Waals surface area contributed by atoms with E-state index in [0.717, 1.165) is 31.5 Å². The maximum Gasteiger partial charge on any atom is 0.249 e. The van der Waals surface area contributed by atoms with Gasteiger partial charge in [-0.2, -0.15) is 10.1 Å². The van der Waals surface area contributed by atoms with Crippen LogP contribution in [0.1, 0.15) is 19.8 Å². The number of hydrogen-bond donors (Lipinski definition) is 1. The van der Waals surface area contributed by atoms with Gasteiger partial charge < -0.3 is 10.2 Å². The smallest absolute Gasteiger partial charge is 0.249 e. The Balaban J connectivity index is 2.19. The molecule has 1 aromatic carbocycles. The zero-order valence-electron chi connectivity index (χ0n) is 12.3. The maximum atomic E-state index is 13.6. The summed E-state index contributed by atoms with van der Waals surface area (Å²) in [6.07, 6.45) is 3.50. The molecule has 118 valence electrons. The first kappa shape index (κ1) is 16.0. The fourth-order valence-corrected chi connectivity index (χ4v) is 1.78. The molecule has 0 spiro atoms. The van der Waals surface area contributed by atoms with E-state index in [-0.39, 0.29) is 11.6 Å². The van der Waals surface area contributed by atoms with Crippen LogP contribution in [-0.4, -0.2) is 28.8 Å². The van der Waals surface area contributed by atoms with Crippen molar-refractivity contribution in [3.8, 4) is 0 Å². The predicted octanol–water partition coefficient (Wildman–Crippen LogP) is 3.27. The van der Waals surface area contributed by atoms with E-state index >= 15 is 0 Å². The number of halogens is 3. The molecule has 22 heavy (non-hydrogen) atoms. The average Bonchev–Trinajstić information content (AvgIpc) is 2.53. The lowest BCUT2D eigenvalue weighted by atomic mass is 10.3. The molecule has 0 fully saturated rings. The molecule has 0 saturated carbocycles. The van der Waals surface area contributed by atoms with Gasteiger partial charge in [0.05, 0.1) is 11.9 Å². The molecule has 0 radical (unpaired) electrons. The highest BCUT2D eigenvalue weighted by atomic mass is 19.2. The highest BCUT2D eigenvalue weighted by Crippen LogP contribution is 2.22. The number of aromatic nitrogens is 3. The molecule has 0 saturated heterocycles. The molecule has 8 heteroatoms. The number of hydrogen-bond acceptors (Lipinski definition) is 5. The van der Waals surface area contributed by atoms with Gasteiger partial charge in [-0.05, 0) is 18.6 Å². The Kier molecular flexibility index (Phi) is 5.13. The fourth-order valence-electron chi connectivity index (χ4n) is 1.78. The van der Waals surface area contributed by atoms with Gasteiger partial charge in [0.25, 0.3) is 0 Å². The second-order valence-corrected chi connectivity index (χ2v) is 4.76. The van der Waals surface area contributed by atoms with Crippen molar-refractivity contribution in [3.63, 3.8) is 0 Å². The number of unbranched alkanes of at least 4 members (excludes halogenated alkanes) is 1. The van der Waals surface area contributed by atoms with Gasteiger partial charge >= 0.3 is 0 Å². The molecule has 0 atom stereocenters. The van der Waals surface area contributed by atoms with Crippen LogP contribution >= 0.6 is 0 Å². The van der Waals surface area contributed by atoms with Crippen molar-refractivity contribution in [2.24, 2.45) is 0 Å². The van der Waals surface area contributed by atoms with Crippen LogP contribution < -0.4 is 10.2 Å². The molecule has 5 nitrogen and oxygen atoms in total. The quantitative estimate of drug-likeness (QED) is 0.830. The maximum absolute atomic E-state index is 13.6. The van der Waals surface area contributed by atoms with E-state index in [0.29, 0.717) is 5.82 Å². The molecule has 0 aliphatic heterocycles. The molecule has 0 aliphatic rings. The summed E-state index contributed by atoms with van der Waals surface area (Å²) in [7, 11) is 1.85. The number of benzene rings is 1. The standard InChI is InChI=1S/C14H16F3N5/c1-3-4-7-22(2)11-8-18-21-14(20-11)19-10-6-5-9(15)12(16)13(10)17/h5-6,8H,3-4,7H2,1-2H3,(H,19,20,21). The molecule has 0 bridgehead atoms. The van der Waals surface area contributed by atoms with E-state index in [2.05, 4.69) is 27.4 Å². The Morgan fingerprint density at radius 3 is 2.68 bits per heavy atom. The summed E-state index contributed by atoms with van der Waals surface area (Å²) in [4.78, 5) is 6.05. The Hall–Kier alpha value is -2.38. The number of nitrogens with one attached hydrogen (secondary N) is 1. The minimum absolute atomic E-state index is 0.00533. The second-order valence-electron chi connectivity index (χ2n) is 4.76. The molecule has 1 N–H and O–H groups in total. The summed E-state index contributed by atoms with van der Waals surface area (Å²) in [6.45, 7) is 2.86. The van der Waals surface area contributed by atoms with Crippen LogP contribution in [-0.2, 0) is 0 Å². The van der Waals surface area contributed by atoms with Crippen LogP contribution in [0.5, 0.6) is 0 Å². The fraction of sp³-hybridized carbons (Fsp3) is 0.357. The lowest BCUT2D eigenvalue weighted by Crippen LogP contribution is -2.20. The summed E-state index contributed by atoms with van der Waals surface area (Å²) in [5, 5.41) is 9.98. The van der Waals surface area contributed by atoms with Crippen molar-refractivity contribution in [3.05, 3.63) is 35.8 Å². The lowest BCUT2D eigenvalue weighted by molar-refractivity contribution is 0.449. The normalized spacial score (nSPS) is 10.6. The monoisotopic (exact) mass is 311 g/mol. The topological polar surface area (TPSA) is 53.9 Å². The Bertz CT molecular complexity index is 650. The molecule has 2 rings (SSSR count). The van der Waals surface area contributed by atoms with E-state index in [4.69, 9.17) is 0 Å². The second kappa shape index (κ2) is 7.06. The van der Waals surface area contributed by atoms with E-state index in [1.807, 2.05) is 11.9 Å². The summed E-state index contributed by atoms with van der Waals surface area (Å²) in [5.41, 5.74) is -0.255. The van der Waals surface area contributed by atoms with Crippen LogP contribution in [0.4, 0.5) is 30.6 Å². The first-order valence-electron chi connectivity index (χ1n) is 6.84. The van der Waals surface area contributed by atoms with Crippen molar-refractivity contribution < 1.29 is 13.2 Å². The van der Waals surface area contributed by atoms with Gasteiger partial charge in [-0.25, -0.2) is 13.2 Å². The van der Waals surface area contributed by atoms with Gasteiger partial charge in [0, 0.05) is 13.6 Å². The van der Waals surface area contributed by atoms with E-state index in [1.165, 1.54) is 6.20 Å². The lowest BCUT2D eigenvalue weighted by Gasteiger charge is -2.17. The molecule has 0 amide bonds. The minimum Gasteiger partial charge on any atom is -0.358 e. The first-order valence-corrected chi connectivity index (χ1v) is 6.84. The summed E-state index contributed by atoms with van der Waals surface area (Å²) in [6, 6.07) is 1.90. The van der Waals surface area contributed by atoms with Crippen LogP contribution in [0, 0.1) is 17.5 Å². The third kappa shape index (κ3) is 3.63. The Morgan fingerprint density at radius 2 is 1.95 bits per heavy atom. The number of rotatable bonds is 6. The minimum atomic E-state index is -1.55. The molecular weight excluding hydrogens is 295 g/mol. The third-order valence-electron chi connectivity index (χ3n) is 3.07. The van der Waals surface area contributed by atoms with Gasteiger partial charge in [-0.1, -0.05) is 13.3 Å². The van der Waals surface area contributed by atoms with Gasteiger partial charge in [0.15, 0.2) is 23.3 Å². The molecular formula is C14H16F3N5. The van der Waals surface area contributed by atoms with Crippen LogP contribution in [0.25, 0.3) is 0 Å².